The molecule has 27 heavy (non-hydrogen) atoms. The van der Waals surface area contributed by atoms with Crippen LogP contribution in [0.3, 0.4) is 0 Å². The van der Waals surface area contributed by atoms with E-state index in [2.05, 4.69) is 22.0 Å². The highest BCUT2D eigenvalue weighted by molar-refractivity contribution is 6.08. The minimum absolute atomic E-state index is 0.112. The number of carbonyl (C=O) groups excluding carboxylic acids is 3. The summed E-state index contributed by atoms with van der Waals surface area (Å²) in [7, 11) is 0. The smallest absolute Gasteiger partial charge is 0.242 e. The third-order valence-corrected chi connectivity index (χ3v) is 6.52. The van der Waals surface area contributed by atoms with E-state index in [1.54, 1.807) is 17.3 Å². The van der Waals surface area contributed by atoms with Crippen LogP contribution >= 0.6 is 0 Å². The normalized spacial score (nSPS) is 31.8. The minimum Gasteiger partial charge on any atom is -0.368 e. The molecule has 2 saturated heterocycles. The first-order valence-corrected chi connectivity index (χ1v) is 9.60. The molecule has 5 rings (SSSR count). The Morgan fingerprint density at radius 1 is 0.963 bits per heavy atom. The fraction of sp³-hybridized carbons (Fsp3) is 0.500. The number of amides is 3. The van der Waals surface area contributed by atoms with E-state index in [1.807, 2.05) is 12.1 Å². The monoisotopic (exact) mass is 366 g/mol. The lowest BCUT2D eigenvalue weighted by Gasteiger charge is -2.36. The van der Waals surface area contributed by atoms with Crippen LogP contribution in [0.1, 0.15) is 6.42 Å². The number of allylic oxidation sites excluding steroid dienone is 2. The zero-order valence-corrected chi connectivity index (χ0v) is 15.0. The number of hydrogen-bond donors (Lipinski definition) is 0. The molecule has 4 aliphatic rings. The number of nitrogens with zero attached hydrogens (tertiary/aromatic N) is 4. The molecule has 4 atom stereocenters. The van der Waals surface area contributed by atoms with E-state index < -0.39 is 0 Å². The van der Waals surface area contributed by atoms with Gasteiger partial charge in [-0.25, -0.2) is 0 Å². The Hall–Kier alpha value is -2.70. The van der Waals surface area contributed by atoms with Gasteiger partial charge in [0.1, 0.15) is 6.54 Å². The van der Waals surface area contributed by atoms with Crippen LogP contribution in [0.4, 0.5) is 5.69 Å². The number of rotatable bonds is 3. The van der Waals surface area contributed by atoms with Crippen LogP contribution < -0.4 is 4.90 Å². The van der Waals surface area contributed by atoms with Gasteiger partial charge in [0.15, 0.2) is 0 Å². The van der Waals surface area contributed by atoms with E-state index in [4.69, 9.17) is 0 Å². The molecule has 3 heterocycles. The molecular weight excluding hydrogens is 344 g/mol. The number of hydrogen-bond acceptors (Lipinski definition) is 5. The number of anilines is 1. The molecule has 2 aliphatic heterocycles. The number of pyridine rings is 1. The van der Waals surface area contributed by atoms with Gasteiger partial charge in [0, 0.05) is 44.3 Å². The molecule has 0 spiro atoms. The van der Waals surface area contributed by atoms with Gasteiger partial charge in [0.2, 0.25) is 17.7 Å². The molecular formula is C20H22N4O3. The quantitative estimate of drug-likeness (QED) is 0.577. The Morgan fingerprint density at radius 2 is 1.56 bits per heavy atom. The summed E-state index contributed by atoms with van der Waals surface area (Å²) in [6, 6.07) is 3.92. The lowest BCUT2D eigenvalue weighted by molar-refractivity contribution is -0.147. The van der Waals surface area contributed by atoms with Crippen molar-refractivity contribution in [1.82, 2.24) is 14.8 Å². The molecule has 0 N–H and O–H groups in total. The summed E-state index contributed by atoms with van der Waals surface area (Å²) >= 11 is 0. The topological polar surface area (TPSA) is 73.8 Å². The molecule has 140 valence electrons. The van der Waals surface area contributed by atoms with E-state index in [1.165, 1.54) is 4.90 Å². The zero-order chi connectivity index (χ0) is 18.5. The summed E-state index contributed by atoms with van der Waals surface area (Å²) < 4.78 is 0. The van der Waals surface area contributed by atoms with Gasteiger partial charge >= 0.3 is 0 Å². The summed E-state index contributed by atoms with van der Waals surface area (Å²) in [5, 5.41) is 0. The van der Waals surface area contributed by atoms with E-state index in [9.17, 15) is 14.4 Å². The van der Waals surface area contributed by atoms with Crippen LogP contribution in [-0.2, 0) is 14.4 Å². The van der Waals surface area contributed by atoms with Gasteiger partial charge in [-0.15, -0.1) is 0 Å². The highest BCUT2D eigenvalue weighted by atomic mass is 16.2. The first-order chi connectivity index (χ1) is 13.1. The lowest BCUT2D eigenvalue weighted by Crippen LogP contribution is -2.52. The molecule has 0 aromatic carbocycles. The maximum Gasteiger partial charge on any atom is 0.242 e. The number of aromatic nitrogens is 1. The van der Waals surface area contributed by atoms with Crippen molar-refractivity contribution in [2.24, 2.45) is 23.7 Å². The average Bonchev–Trinajstić information content (AvgIpc) is 3.39. The van der Waals surface area contributed by atoms with Gasteiger partial charge in [0.05, 0.1) is 11.8 Å². The van der Waals surface area contributed by atoms with Crippen LogP contribution in [0, 0.1) is 23.7 Å². The second-order valence-corrected chi connectivity index (χ2v) is 7.84. The molecule has 1 aromatic heterocycles. The van der Waals surface area contributed by atoms with Crippen LogP contribution in [0.15, 0.2) is 36.7 Å². The largest absolute Gasteiger partial charge is 0.368 e. The van der Waals surface area contributed by atoms with Crippen molar-refractivity contribution < 1.29 is 14.4 Å². The number of likely N-dealkylation sites (tertiary alicyclic amines) is 1. The Balaban J connectivity index is 1.21. The first kappa shape index (κ1) is 16.5. The molecule has 7 nitrogen and oxygen atoms in total. The molecule has 4 unspecified atom stereocenters. The van der Waals surface area contributed by atoms with Crippen LogP contribution in [0.5, 0.6) is 0 Å². The van der Waals surface area contributed by atoms with Crippen molar-refractivity contribution >= 4 is 23.4 Å². The molecule has 7 heteroatoms. The van der Waals surface area contributed by atoms with Crippen LogP contribution in [-0.4, -0.2) is 65.2 Å². The third kappa shape index (κ3) is 2.56. The van der Waals surface area contributed by atoms with Crippen molar-refractivity contribution in [3.05, 3.63) is 36.7 Å². The van der Waals surface area contributed by atoms with Gasteiger partial charge < -0.3 is 9.80 Å². The van der Waals surface area contributed by atoms with Crippen LogP contribution in [0.25, 0.3) is 0 Å². The summed E-state index contributed by atoms with van der Waals surface area (Å²) in [4.78, 5) is 47.4. The van der Waals surface area contributed by atoms with E-state index in [0.717, 1.165) is 25.2 Å². The predicted octanol–water partition coefficient (Wildman–Crippen LogP) is 0.537. The van der Waals surface area contributed by atoms with Crippen molar-refractivity contribution in [2.75, 3.05) is 37.6 Å². The van der Waals surface area contributed by atoms with Gasteiger partial charge in [-0.05, 0) is 30.4 Å². The Kier molecular flexibility index (Phi) is 3.77. The molecule has 2 aliphatic carbocycles. The molecule has 3 amide bonds. The second-order valence-electron chi connectivity index (χ2n) is 7.84. The van der Waals surface area contributed by atoms with Gasteiger partial charge in [0.25, 0.3) is 0 Å². The third-order valence-electron chi connectivity index (χ3n) is 6.52. The highest BCUT2D eigenvalue weighted by Crippen LogP contribution is 2.52. The summed E-state index contributed by atoms with van der Waals surface area (Å²) in [5.74, 6) is -0.531. The molecule has 2 bridgehead atoms. The number of carbonyl (C=O) groups is 3. The Labute approximate surface area is 157 Å². The number of fused-ring (bicyclic) bond motifs is 5. The minimum atomic E-state index is -0.233. The lowest BCUT2D eigenvalue weighted by atomic mass is 9.85. The fourth-order valence-electron chi connectivity index (χ4n) is 5.12. The van der Waals surface area contributed by atoms with Crippen molar-refractivity contribution in [2.45, 2.75) is 6.42 Å². The maximum atomic E-state index is 12.7. The standard InChI is InChI=1S/C20H22N4O3/c25-16(23-9-7-22(8-10-23)15-3-5-21-6-4-15)12-24-19(26)17-13-1-2-14(11-13)18(17)20(24)27/h1-6,13-14,17-18H,7-12H2. The number of piperazine rings is 1. The van der Waals surface area contributed by atoms with Crippen molar-refractivity contribution in [1.29, 1.82) is 0 Å². The Morgan fingerprint density at radius 3 is 2.15 bits per heavy atom. The van der Waals surface area contributed by atoms with E-state index in [-0.39, 0.29) is 47.9 Å². The van der Waals surface area contributed by atoms with E-state index >= 15 is 0 Å². The summed E-state index contributed by atoms with van der Waals surface area (Å²) in [5.41, 5.74) is 1.10. The summed E-state index contributed by atoms with van der Waals surface area (Å²) in [6.07, 6.45) is 8.57. The average molecular weight is 366 g/mol. The Bertz CT molecular complexity index is 786. The summed E-state index contributed by atoms with van der Waals surface area (Å²) in [6.45, 7) is 2.54. The van der Waals surface area contributed by atoms with Gasteiger partial charge in [-0.2, -0.15) is 0 Å². The predicted molar refractivity (Wildman–Crippen MR) is 97.5 cm³/mol. The van der Waals surface area contributed by atoms with E-state index in [0.29, 0.717) is 13.1 Å². The highest BCUT2D eigenvalue weighted by Gasteiger charge is 2.59. The zero-order valence-electron chi connectivity index (χ0n) is 15.0. The SMILES string of the molecule is O=C(CN1C(=O)C2C3C=CC(C3)C2C1=O)N1CCN(c2ccncc2)CC1. The van der Waals surface area contributed by atoms with Crippen molar-refractivity contribution in [3.63, 3.8) is 0 Å². The molecule has 1 saturated carbocycles. The molecule has 1 aromatic rings. The molecule has 3 fully saturated rings. The fourth-order valence-corrected chi connectivity index (χ4v) is 5.12. The molecule has 0 radical (unpaired) electrons. The van der Waals surface area contributed by atoms with Gasteiger partial charge in [-0.3, -0.25) is 24.3 Å². The number of imide groups is 1. The van der Waals surface area contributed by atoms with Crippen LogP contribution in [0.2, 0.25) is 0 Å². The second kappa shape index (κ2) is 6.18. The van der Waals surface area contributed by atoms with Crippen molar-refractivity contribution in [3.8, 4) is 0 Å². The maximum absolute atomic E-state index is 12.7. The van der Waals surface area contributed by atoms with Gasteiger partial charge in [-0.1, -0.05) is 12.2 Å². The first-order valence-electron chi connectivity index (χ1n) is 9.60.